The second kappa shape index (κ2) is 7.67. The molecule has 0 radical (unpaired) electrons. The number of nitrogens with two attached hydrogens (primary N) is 1. The lowest BCUT2D eigenvalue weighted by Gasteiger charge is -2.21. The fraction of sp³-hybridized carbons (Fsp3) is 0.636. The first-order valence-electron chi connectivity index (χ1n) is 5.72. The van der Waals surface area contributed by atoms with Gasteiger partial charge in [-0.15, -0.1) is 0 Å². The van der Waals surface area contributed by atoms with E-state index < -0.39 is 0 Å². The molecule has 0 aromatic carbocycles. The maximum absolute atomic E-state index is 12.0. The van der Waals surface area contributed by atoms with E-state index in [1.54, 1.807) is 31.4 Å². The number of carbonyl (C=O) groups is 1. The third-order valence-corrected chi connectivity index (χ3v) is 2.44. The SMILES string of the molecule is COCCN(CCOC)C(=O)Cn1ccc(N)n1. The van der Waals surface area contributed by atoms with Crippen molar-refractivity contribution in [3.63, 3.8) is 0 Å². The molecule has 1 aromatic heterocycles. The molecule has 1 amide bonds. The maximum atomic E-state index is 12.0. The third kappa shape index (κ3) is 4.72. The van der Waals surface area contributed by atoms with Gasteiger partial charge in [0, 0.05) is 33.5 Å². The zero-order valence-electron chi connectivity index (χ0n) is 10.8. The standard InChI is InChI=1S/C11H20N4O3/c1-17-7-5-14(6-8-18-2)11(16)9-15-4-3-10(12)13-15/h3-4H,5-9H2,1-2H3,(H2,12,13). The van der Waals surface area contributed by atoms with Crippen LogP contribution in [0.1, 0.15) is 0 Å². The molecule has 0 bridgehead atoms. The number of anilines is 1. The predicted molar refractivity (Wildman–Crippen MR) is 67.0 cm³/mol. The molecule has 18 heavy (non-hydrogen) atoms. The van der Waals surface area contributed by atoms with Gasteiger partial charge in [-0.3, -0.25) is 9.48 Å². The number of amides is 1. The van der Waals surface area contributed by atoms with Crippen molar-refractivity contribution in [1.29, 1.82) is 0 Å². The Morgan fingerprint density at radius 2 is 2.00 bits per heavy atom. The van der Waals surface area contributed by atoms with Crippen LogP contribution in [0.2, 0.25) is 0 Å². The molecule has 0 spiro atoms. The number of carbonyl (C=O) groups excluding carboxylic acids is 1. The van der Waals surface area contributed by atoms with Gasteiger partial charge < -0.3 is 20.1 Å². The van der Waals surface area contributed by atoms with Crippen molar-refractivity contribution >= 4 is 11.7 Å². The summed E-state index contributed by atoms with van der Waals surface area (Å²) >= 11 is 0. The highest BCUT2D eigenvalue weighted by Gasteiger charge is 2.13. The van der Waals surface area contributed by atoms with Crippen LogP contribution in [0, 0.1) is 0 Å². The van der Waals surface area contributed by atoms with Crippen molar-refractivity contribution in [2.24, 2.45) is 0 Å². The first-order valence-corrected chi connectivity index (χ1v) is 5.72. The molecule has 2 N–H and O–H groups in total. The Labute approximate surface area is 106 Å². The summed E-state index contributed by atoms with van der Waals surface area (Å²) in [7, 11) is 3.21. The lowest BCUT2D eigenvalue weighted by molar-refractivity contribution is -0.133. The van der Waals surface area contributed by atoms with Crippen LogP contribution < -0.4 is 5.73 Å². The van der Waals surface area contributed by atoms with Crippen LogP contribution >= 0.6 is 0 Å². The number of nitrogens with zero attached hydrogens (tertiary/aromatic N) is 3. The molecular formula is C11H20N4O3. The van der Waals surface area contributed by atoms with Crippen LogP contribution in [0.3, 0.4) is 0 Å². The topological polar surface area (TPSA) is 82.6 Å². The first-order chi connectivity index (χ1) is 8.67. The number of aromatic nitrogens is 2. The van der Waals surface area contributed by atoms with Gasteiger partial charge in [0.1, 0.15) is 12.4 Å². The summed E-state index contributed by atoms with van der Waals surface area (Å²) in [5, 5.41) is 3.98. The van der Waals surface area contributed by atoms with Gasteiger partial charge in [0.2, 0.25) is 5.91 Å². The summed E-state index contributed by atoms with van der Waals surface area (Å²) < 4.78 is 11.5. The van der Waals surface area contributed by atoms with E-state index in [0.29, 0.717) is 32.1 Å². The number of ether oxygens (including phenoxy) is 2. The van der Waals surface area contributed by atoms with E-state index >= 15 is 0 Å². The van der Waals surface area contributed by atoms with Gasteiger partial charge in [-0.1, -0.05) is 0 Å². The van der Waals surface area contributed by atoms with Crippen molar-refractivity contribution in [3.05, 3.63) is 12.3 Å². The Kier molecular flexibility index (Phi) is 6.16. The van der Waals surface area contributed by atoms with E-state index in [4.69, 9.17) is 15.2 Å². The van der Waals surface area contributed by atoms with Crippen LogP contribution in [0.4, 0.5) is 5.82 Å². The highest BCUT2D eigenvalue weighted by atomic mass is 16.5. The summed E-state index contributed by atoms with van der Waals surface area (Å²) in [6.07, 6.45) is 1.68. The number of hydrogen-bond donors (Lipinski definition) is 1. The van der Waals surface area contributed by atoms with Gasteiger partial charge in [0.05, 0.1) is 13.2 Å². The van der Waals surface area contributed by atoms with Gasteiger partial charge in [-0.2, -0.15) is 5.10 Å². The normalized spacial score (nSPS) is 10.6. The maximum Gasteiger partial charge on any atom is 0.244 e. The molecule has 0 atom stereocenters. The van der Waals surface area contributed by atoms with E-state index in [0.717, 1.165) is 0 Å². The molecule has 0 aliphatic rings. The molecular weight excluding hydrogens is 236 g/mol. The van der Waals surface area contributed by atoms with Crippen molar-refractivity contribution in [1.82, 2.24) is 14.7 Å². The molecule has 1 rings (SSSR count). The summed E-state index contributed by atoms with van der Waals surface area (Å²) in [5.74, 6) is 0.371. The minimum Gasteiger partial charge on any atom is -0.383 e. The lowest BCUT2D eigenvalue weighted by atomic mass is 10.4. The Bertz CT molecular complexity index is 359. The summed E-state index contributed by atoms with van der Waals surface area (Å²) in [6.45, 7) is 2.24. The molecule has 1 heterocycles. The predicted octanol–water partition coefficient (Wildman–Crippen LogP) is -0.413. The van der Waals surface area contributed by atoms with E-state index in [-0.39, 0.29) is 12.5 Å². The number of nitrogen functional groups attached to an aromatic ring is 1. The number of methoxy groups -OCH3 is 2. The Balaban J connectivity index is 2.51. The molecule has 1 aromatic rings. The van der Waals surface area contributed by atoms with Crippen LogP contribution in [0.25, 0.3) is 0 Å². The van der Waals surface area contributed by atoms with Gasteiger partial charge in [0.25, 0.3) is 0 Å². The summed E-state index contributed by atoms with van der Waals surface area (Å²) in [5.41, 5.74) is 5.49. The Hall–Kier alpha value is -1.60. The molecule has 0 fully saturated rings. The molecule has 0 saturated carbocycles. The molecule has 0 aliphatic carbocycles. The minimum absolute atomic E-state index is 0.0350. The number of rotatable bonds is 8. The van der Waals surface area contributed by atoms with E-state index in [2.05, 4.69) is 5.10 Å². The van der Waals surface area contributed by atoms with E-state index in [1.807, 2.05) is 0 Å². The largest absolute Gasteiger partial charge is 0.383 e. The first kappa shape index (κ1) is 14.5. The molecule has 0 aliphatic heterocycles. The Morgan fingerprint density at radius 1 is 1.39 bits per heavy atom. The molecule has 7 nitrogen and oxygen atoms in total. The fourth-order valence-electron chi connectivity index (χ4n) is 1.47. The second-order valence-corrected chi connectivity index (χ2v) is 3.80. The van der Waals surface area contributed by atoms with Crippen LogP contribution in [0.5, 0.6) is 0 Å². The van der Waals surface area contributed by atoms with Gasteiger partial charge in [-0.05, 0) is 6.07 Å². The van der Waals surface area contributed by atoms with Crippen LogP contribution in [-0.4, -0.2) is 61.1 Å². The summed E-state index contributed by atoms with van der Waals surface area (Å²) in [4.78, 5) is 13.7. The Morgan fingerprint density at radius 3 is 2.44 bits per heavy atom. The fourth-order valence-corrected chi connectivity index (χ4v) is 1.47. The highest BCUT2D eigenvalue weighted by Crippen LogP contribution is 1.99. The zero-order chi connectivity index (χ0) is 13.4. The summed E-state index contributed by atoms with van der Waals surface area (Å²) in [6, 6.07) is 1.65. The third-order valence-electron chi connectivity index (χ3n) is 2.44. The van der Waals surface area contributed by atoms with Crippen molar-refractivity contribution in [2.45, 2.75) is 6.54 Å². The quantitative estimate of drug-likeness (QED) is 0.683. The smallest absolute Gasteiger partial charge is 0.244 e. The van der Waals surface area contributed by atoms with Gasteiger partial charge >= 0.3 is 0 Å². The molecule has 102 valence electrons. The minimum atomic E-state index is -0.0350. The zero-order valence-corrected chi connectivity index (χ0v) is 10.8. The van der Waals surface area contributed by atoms with Gasteiger partial charge in [-0.25, -0.2) is 0 Å². The monoisotopic (exact) mass is 256 g/mol. The van der Waals surface area contributed by atoms with E-state index in [1.165, 1.54) is 4.68 Å². The van der Waals surface area contributed by atoms with Crippen LogP contribution in [0.15, 0.2) is 12.3 Å². The van der Waals surface area contributed by atoms with E-state index in [9.17, 15) is 4.79 Å². The van der Waals surface area contributed by atoms with Gasteiger partial charge in [0.15, 0.2) is 0 Å². The van der Waals surface area contributed by atoms with Crippen molar-refractivity contribution in [2.75, 3.05) is 46.3 Å². The highest BCUT2D eigenvalue weighted by molar-refractivity contribution is 5.75. The average molecular weight is 256 g/mol. The molecule has 0 saturated heterocycles. The average Bonchev–Trinajstić information content (AvgIpc) is 2.75. The van der Waals surface area contributed by atoms with Crippen LogP contribution in [-0.2, 0) is 20.8 Å². The lowest BCUT2D eigenvalue weighted by Crippen LogP contribution is -2.38. The van der Waals surface area contributed by atoms with Crippen molar-refractivity contribution < 1.29 is 14.3 Å². The molecule has 7 heteroatoms. The molecule has 0 unspecified atom stereocenters. The number of hydrogen-bond acceptors (Lipinski definition) is 5. The van der Waals surface area contributed by atoms with Crippen molar-refractivity contribution in [3.8, 4) is 0 Å². The second-order valence-electron chi connectivity index (χ2n) is 3.80.